The van der Waals surface area contributed by atoms with Gasteiger partial charge in [0, 0.05) is 6.07 Å². The second kappa shape index (κ2) is 7.68. The van der Waals surface area contributed by atoms with Crippen molar-refractivity contribution in [2.45, 2.75) is 34.1 Å². The number of hydrogen-bond donors (Lipinski definition) is 0. The van der Waals surface area contributed by atoms with E-state index in [1.54, 1.807) is 19.9 Å². The van der Waals surface area contributed by atoms with Gasteiger partial charge in [0.15, 0.2) is 31.9 Å². The Balaban J connectivity index is 2.10. The highest BCUT2D eigenvalue weighted by molar-refractivity contribution is 7.97. The molecule has 0 radical (unpaired) electrons. The number of hydrogen-bond acceptors (Lipinski definition) is 1. The molecule has 0 atom stereocenters. The fourth-order valence-corrected chi connectivity index (χ4v) is 4.62. The predicted octanol–water partition coefficient (Wildman–Crippen LogP) is 5.71. The maximum atomic E-state index is 14.3. The number of benzene rings is 3. The SMILES string of the molecule is C#CC(C)(C)Oc1cc([S+](c2ccccc2)c2ccccc2)ccc1F. The van der Waals surface area contributed by atoms with Crippen LogP contribution in [0.3, 0.4) is 0 Å². The van der Waals surface area contributed by atoms with E-state index in [9.17, 15) is 4.39 Å². The zero-order valence-electron chi connectivity index (χ0n) is 14.8. The molecule has 0 fully saturated rings. The zero-order valence-corrected chi connectivity index (χ0v) is 15.6. The summed E-state index contributed by atoms with van der Waals surface area (Å²) < 4.78 is 20.1. The lowest BCUT2D eigenvalue weighted by Gasteiger charge is -2.20. The standard InChI is InChI=1S/C23H20FOS/c1-4-23(2,3)25-22-17-20(15-16-21(22)24)26(18-11-7-5-8-12-18)19-13-9-6-10-14-19/h1,5-17H,2-3H3/q+1. The van der Waals surface area contributed by atoms with E-state index in [-0.39, 0.29) is 16.6 Å². The highest BCUT2D eigenvalue weighted by Crippen LogP contribution is 2.34. The van der Waals surface area contributed by atoms with Crippen LogP contribution in [0.2, 0.25) is 0 Å². The average Bonchev–Trinajstić information content (AvgIpc) is 2.66. The van der Waals surface area contributed by atoms with Crippen molar-refractivity contribution in [1.82, 2.24) is 0 Å². The Morgan fingerprint density at radius 1 is 0.846 bits per heavy atom. The van der Waals surface area contributed by atoms with E-state index in [0.29, 0.717) is 0 Å². The molecule has 3 aromatic rings. The van der Waals surface area contributed by atoms with Crippen molar-refractivity contribution in [3.63, 3.8) is 0 Å². The van der Waals surface area contributed by atoms with E-state index in [1.165, 1.54) is 6.07 Å². The van der Waals surface area contributed by atoms with Crippen LogP contribution in [0.1, 0.15) is 13.8 Å². The minimum absolute atomic E-state index is 0.176. The maximum absolute atomic E-state index is 14.3. The van der Waals surface area contributed by atoms with Gasteiger partial charge < -0.3 is 4.74 Å². The van der Waals surface area contributed by atoms with Crippen molar-refractivity contribution in [2.75, 3.05) is 0 Å². The third-order valence-corrected chi connectivity index (χ3v) is 6.02. The fourth-order valence-electron chi connectivity index (χ4n) is 2.51. The van der Waals surface area contributed by atoms with E-state index in [0.717, 1.165) is 14.7 Å². The van der Waals surface area contributed by atoms with E-state index < -0.39 is 11.4 Å². The van der Waals surface area contributed by atoms with Crippen molar-refractivity contribution >= 4 is 10.9 Å². The Kier molecular flexibility index (Phi) is 5.35. The van der Waals surface area contributed by atoms with Gasteiger partial charge in [0.05, 0.1) is 10.9 Å². The summed E-state index contributed by atoms with van der Waals surface area (Å²) >= 11 is 0. The van der Waals surface area contributed by atoms with Gasteiger partial charge in [0.25, 0.3) is 0 Å². The lowest BCUT2D eigenvalue weighted by atomic mass is 10.1. The fraction of sp³-hybridized carbons (Fsp3) is 0.130. The number of ether oxygens (including phenoxy) is 1. The normalized spacial score (nSPS) is 11.2. The van der Waals surface area contributed by atoms with Crippen LogP contribution in [0, 0.1) is 18.2 Å². The third kappa shape index (κ3) is 4.09. The van der Waals surface area contributed by atoms with Gasteiger partial charge in [-0.05, 0) is 50.2 Å². The molecule has 1 nitrogen and oxygen atoms in total. The molecule has 0 heterocycles. The second-order valence-electron chi connectivity index (χ2n) is 6.28. The third-order valence-electron chi connectivity index (χ3n) is 3.81. The molecular formula is C23H20FOS+. The van der Waals surface area contributed by atoms with Crippen molar-refractivity contribution in [1.29, 1.82) is 0 Å². The quantitative estimate of drug-likeness (QED) is 0.417. The monoisotopic (exact) mass is 363 g/mol. The molecule has 3 heteroatoms. The van der Waals surface area contributed by atoms with E-state index >= 15 is 0 Å². The first-order valence-electron chi connectivity index (χ1n) is 8.31. The summed E-state index contributed by atoms with van der Waals surface area (Å²) in [5.74, 6) is 2.30. The molecule has 3 rings (SSSR count). The minimum atomic E-state index is -0.877. The van der Waals surface area contributed by atoms with Crippen molar-refractivity contribution in [3.8, 4) is 18.1 Å². The molecule has 0 spiro atoms. The maximum Gasteiger partial charge on any atom is 0.170 e. The first-order valence-corrected chi connectivity index (χ1v) is 9.53. The number of terminal acetylenes is 1. The summed E-state index contributed by atoms with van der Waals surface area (Å²) in [5, 5.41) is 0. The first-order chi connectivity index (χ1) is 12.5. The Bertz CT molecular complexity index is 874. The van der Waals surface area contributed by atoms with Gasteiger partial charge in [-0.25, -0.2) is 4.39 Å². The van der Waals surface area contributed by atoms with Crippen LogP contribution in [-0.4, -0.2) is 5.60 Å². The summed E-state index contributed by atoms with van der Waals surface area (Å²) in [7, 11) is -0.362. The summed E-state index contributed by atoms with van der Waals surface area (Å²) in [5.41, 5.74) is -0.877. The van der Waals surface area contributed by atoms with Gasteiger partial charge in [-0.2, -0.15) is 0 Å². The number of rotatable bonds is 5. The van der Waals surface area contributed by atoms with Gasteiger partial charge in [-0.3, -0.25) is 0 Å². The summed E-state index contributed by atoms with van der Waals surface area (Å²) in [6.45, 7) is 3.49. The zero-order chi connectivity index (χ0) is 18.6. The first kappa shape index (κ1) is 18.1. The lowest BCUT2D eigenvalue weighted by Crippen LogP contribution is -2.26. The van der Waals surface area contributed by atoms with Crippen LogP contribution in [0.5, 0.6) is 5.75 Å². The minimum Gasteiger partial charge on any atom is -0.472 e. The van der Waals surface area contributed by atoms with E-state index in [1.807, 2.05) is 42.5 Å². The molecule has 0 aliphatic heterocycles. The molecular weight excluding hydrogens is 343 g/mol. The van der Waals surface area contributed by atoms with Crippen LogP contribution in [0.15, 0.2) is 93.5 Å². The van der Waals surface area contributed by atoms with Crippen molar-refractivity contribution in [3.05, 3.63) is 84.7 Å². The highest BCUT2D eigenvalue weighted by Gasteiger charge is 2.30. The molecule has 0 N–H and O–H groups in total. The summed E-state index contributed by atoms with van der Waals surface area (Å²) in [4.78, 5) is 3.30. The van der Waals surface area contributed by atoms with Crippen LogP contribution in [-0.2, 0) is 10.9 Å². The van der Waals surface area contributed by atoms with Crippen LogP contribution in [0.25, 0.3) is 0 Å². The molecule has 0 saturated carbocycles. The lowest BCUT2D eigenvalue weighted by molar-refractivity contribution is 0.164. The van der Waals surface area contributed by atoms with Gasteiger partial charge in [0.1, 0.15) is 0 Å². The van der Waals surface area contributed by atoms with Crippen molar-refractivity contribution < 1.29 is 9.13 Å². The van der Waals surface area contributed by atoms with Crippen molar-refractivity contribution in [2.24, 2.45) is 0 Å². The summed E-state index contributed by atoms with van der Waals surface area (Å²) in [6, 6.07) is 25.4. The Morgan fingerprint density at radius 3 is 1.88 bits per heavy atom. The molecule has 0 unspecified atom stereocenters. The molecule has 0 saturated heterocycles. The number of halogens is 1. The highest BCUT2D eigenvalue weighted by atomic mass is 32.2. The van der Waals surface area contributed by atoms with Gasteiger partial charge in [0.2, 0.25) is 0 Å². The molecule has 130 valence electrons. The predicted molar refractivity (Wildman–Crippen MR) is 105 cm³/mol. The Labute approximate surface area is 157 Å². The van der Waals surface area contributed by atoms with Crippen LogP contribution in [0.4, 0.5) is 4.39 Å². The molecule has 26 heavy (non-hydrogen) atoms. The van der Waals surface area contributed by atoms with Gasteiger partial charge in [-0.1, -0.05) is 42.3 Å². The molecule has 0 aliphatic carbocycles. The topological polar surface area (TPSA) is 9.23 Å². The van der Waals surface area contributed by atoms with Crippen LogP contribution >= 0.6 is 0 Å². The van der Waals surface area contributed by atoms with Gasteiger partial charge in [-0.15, -0.1) is 6.42 Å². The largest absolute Gasteiger partial charge is 0.472 e. The Hall–Kier alpha value is -2.70. The molecule has 3 aromatic carbocycles. The molecule has 0 aliphatic rings. The van der Waals surface area contributed by atoms with Gasteiger partial charge >= 0.3 is 0 Å². The average molecular weight is 363 g/mol. The van der Waals surface area contributed by atoms with E-state index in [4.69, 9.17) is 11.2 Å². The molecule has 0 amide bonds. The second-order valence-corrected chi connectivity index (χ2v) is 8.31. The molecule has 0 aromatic heterocycles. The Morgan fingerprint density at radius 2 is 1.38 bits per heavy atom. The summed E-state index contributed by atoms with van der Waals surface area (Å²) in [6.07, 6.45) is 5.49. The van der Waals surface area contributed by atoms with E-state index in [2.05, 4.69) is 30.2 Å². The molecule has 0 bridgehead atoms. The smallest absolute Gasteiger partial charge is 0.170 e. The van der Waals surface area contributed by atoms with Crippen LogP contribution < -0.4 is 4.74 Å².